The summed E-state index contributed by atoms with van der Waals surface area (Å²) >= 11 is 0. The number of rotatable bonds is 2. The number of likely N-dealkylation sites (tertiary alicyclic amines) is 1. The van der Waals surface area contributed by atoms with Crippen LogP contribution in [-0.2, 0) is 4.74 Å². The van der Waals surface area contributed by atoms with E-state index < -0.39 is 17.2 Å². The fourth-order valence-electron chi connectivity index (χ4n) is 3.25. The Bertz CT molecular complexity index is 774. The number of aromatic carboxylic acids is 1. The maximum atomic E-state index is 12.2. The third-order valence-electron chi connectivity index (χ3n) is 4.64. The Morgan fingerprint density at radius 1 is 1.21 bits per heavy atom. The largest absolute Gasteiger partial charge is 0.485 e. The molecular formula is C21H29NO7. The number of ether oxygens (including phenoxy) is 3. The maximum Gasteiger partial charge on any atom is 0.410 e. The number of amides is 1. The van der Waals surface area contributed by atoms with Crippen molar-refractivity contribution in [3.05, 3.63) is 23.3 Å². The molecule has 3 rings (SSSR count). The lowest BCUT2D eigenvalue weighted by molar-refractivity contribution is -0.0560. The van der Waals surface area contributed by atoms with Gasteiger partial charge in [0, 0.05) is 25.9 Å². The van der Waals surface area contributed by atoms with Crippen molar-refractivity contribution in [2.75, 3.05) is 19.7 Å². The minimum absolute atomic E-state index is 0.0268. The van der Waals surface area contributed by atoms with E-state index in [1.54, 1.807) is 4.90 Å². The Kier molecular flexibility index (Phi) is 6.77. The Morgan fingerprint density at radius 2 is 1.83 bits per heavy atom. The van der Waals surface area contributed by atoms with E-state index in [0.717, 1.165) is 0 Å². The zero-order chi connectivity index (χ0) is 21.8. The van der Waals surface area contributed by atoms with E-state index in [1.807, 2.05) is 34.6 Å². The van der Waals surface area contributed by atoms with Crippen molar-refractivity contribution in [2.45, 2.75) is 58.7 Å². The molecule has 29 heavy (non-hydrogen) atoms. The molecule has 1 fully saturated rings. The van der Waals surface area contributed by atoms with Gasteiger partial charge in [-0.05, 0) is 32.9 Å². The molecule has 0 aliphatic carbocycles. The number of carboxylic acid groups (broad SMARTS) is 1. The Morgan fingerprint density at radius 3 is 2.34 bits per heavy atom. The number of hydrogen-bond donors (Lipinski definition) is 1. The summed E-state index contributed by atoms with van der Waals surface area (Å²) in [5, 5.41) is 9.20. The standard InChI is InChI=1S/C19H23NO7.C2H6/c1-18(2,3)27-17(24)20-8-6-19(7-9-20)11-25-15-13(10-21)12(16(22)23)4-5-14(15)26-19;1-2/h4-5,10H,6-9,11H2,1-3H3,(H,22,23);1-2H3. The van der Waals surface area contributed by atoms with Crippen LogP contribution in [0.5, 0.6) is 11.5 Å². The average molecular weight is 407 g/mol. The van der Waals surface area contributed by atoms with Gasteiger partial charge in [-0.25, -0.2) is 9.59 Å². The Balaban J connectivity index is 0.00000145. The van der Waals surface area contributed by atoms with Crippen molar-refractivity contribution in [3.63, 3.8) is 0 Å². The van der Waals surface area contributed by atoms with Crippen molar-refractivity contribution in [2.24, 2.45) is 0 Å². The summed E-state index contributed by atoms with van der Waals surface area (Å²) in [6.07, 6.45) is 1.20. The molecule has 1 amide bonds. The number of carboxylic acids is 1. The molecule has 1 aromatic rings. The lowest BCUT2D eigenvalue weighted by Crippen LogP contribution is -2.54. The Labute approximate surface area is 170 Å². The highest BCUT2D eigenvalue weighted by Crippen LogP contribution is 2.42. The van der Waals surface area contributed by atoms with Gasteiger partial charge >= 0.3 is 12.1 Å². The maximum absolute atomic E-state index is 12.2. The lowest BCUT2D eigenvalue weighted by Gasteiger charge is -2.44. The van der Waals surface area contributed by atoms with Gasteiger partial charge in [-0.2, -0.15) is 0 Å². The number of benzene rings is 1. The number of carbonyl (C=O) groups is 3. The van der Waals surface area contributed by atoms with Crippen molar-refractivity contribution >= 4 is 18.3 Å². The third kappa shape index (κ3) is 4.99. The van der Waals surface area contributed by atoms with Gasteiger partial charge < -0.3 is 24.2 Å². The van der Waals surface area contributed by atoms with E-state index in [1.165, 1.54) is 12.1 Å². The van der Waals surface area contributed by atoms with E-state index in [2.05, 4.69) is 0 Å². The van der Waals surface area contributed by atoms with Crippen molar-refractivity contribution in [1.29, 1.82) is 0 Å². The number of nitrogens with zero attached hydrogens (tertiary/aromatic N) is 1. The zero-order valence-corrected chi connectivity index (χ0v) is 17.6. The molecule has 1 N–H and O–H groups in total. The second-order valence-electron chi connectivity index (χ2n) is 7.82. The summed E-state index contributed by atoms with van der Waals surface area (Å²) in [6.45, 7) is 10.6. The normalized spacial score (nSPS) is 17.1. The van der Waals surface area contributed by atoms with Crippen LogP contribution < -0.4 is 9.47 Å². The molecule has 8 heteroatoms. The van der Waals surface area contributed by atoms with Gasteiger partial charge in [0.15, 0.2) is 17.8 Å². The summed E-state index contributed by atoms with van der Waals surface area (Å²) in [4.78, 5) is 36.4. The average Bonchev–Trinajstić information content (AvgIpc) is 2.67. The van der Waals surface area contributed by atoms with E-state index in [4.69, 9.17) is 14.2 Å². The molecule has 0 atom stereocenters. The number of piperidine rings is 1. The number of aldehydes is 1. The van der Waals surface area contributed by atoms with Crippen LogP contribution >= 0.6 is 0 Å². The van der Waals surface area contributed by atoms with E-state index in [9.17, 15) is 19.5 Å². The topological polar surface area (TPSA) is 102 Å². The summed E-state index contributed by atoms with van der Waals surface area (Å²) in [5.41, 5.74) is -1.32. The highest BCUT2D eigenvalue weighted by molar-refractivity contribution is 5.99. The lowest BCUT2D eigenvalue weighted by atomic mass is 9.90. The molecule has 160 valence electrons. The summed E-state index contributed by atoms with van der Waals surface area (Å²) in [6, 6.07) is 2.84. The molecular weight excluding hydrogens is 378 g/mol. The minimum atomic E-state index is -1.20. The highest BCUT2D eigenvalue weighted by atomic mass is 16.6. The van der Waals surface area contributed by atoms with Gasteiger partial charge in [0.05, 0.1) is 11.1 Å². The quantitative estimate of drug-likeness (QED) is 0.745. The van der Waals surface area contributed by atoms with Gasteiger partial charge in [0.2, 0.25) is 0 Å². The molecule has 0 bridgehead atoms. The van der Waals surface area contributed by atoms with Crippen molar-refractivity contribution in [1.82, 2.24) is 4.90 Å². The van der Waals surface area contributed by atoms with Crippen LogP contribution in [0.1, 0.15) is 68.2 Å². The van der Waals surface area contributed by atoms with Crippen LogP contribution in [0.3, 0.4) is 0 Å². The molecule has 1 aromatic carbocycles. The van der Waals surface area contributed by atoms with Gasteiger partial charge in [0.25, 0.3) is 0 Å². The number of fused-ring (bicyclic) bond motifs is 1. The smallest absolute Gasteiger partial charge is 0.410 e. The predicted molar refractivity (Wildman–Crippen MR) is 106 cm³/mol. The molecule has 0 aromatic heterocycles. The number of carbonyl (C=O) groups excluding carboxylic acids is 2. The second-order valence-corrected chi connectivity index (χ2v) is 7.82. The number of hydrogen-bond acceptors (Lipinski definition) is 6. The van der Waals surface area contributed by atoms with Gasteiger partial charge in [-0.15, -0.1) is 0 Å². The summed E-state index contributed by atoms with van der Waals surface area (Å²) < 4.78 is 17.3. The minimum Gasteiger partial charge on any atom is -0.485 e. The summed E-state index contributed by atoms with van der Waals surface area (Å²) in [5.74, 6) is -0.696. The second kappa shape index (κ2) is 8.71. The van der Waals surface area contributed by atoms with E-state index in [0.29, 0.717) is 38.0 Å². The summed E-state index contributed by atoms with van der Waals surface area (Å²) in [7, 11) is 0. The molecule has 8 nitrogen and oxygen atoms in total. The van der Waals surface area contributed by atoms with Gasteiger partial charge in [-0.1, -0.05) is 13.8 Å². The van der Waals surface area contributed by atoms with Crippen LogP contribution in [0.25, 0.3) is 0 Å². The Hall–Kier alpha value is -2.77. The van der Waals surface area contributed by atoms with Crippen molar-refractivity contribution in [3.8, 4) is 11.5 Å². The van der Waals surface area contributed by atoms with Crippen LogP contribution in [0.2, 0.25) is 0 Å². The van der Waals surface area contributed by atoms with E-state index in [-0.39, 0.29) is 29.6 Å². The molecule has 0 unspecified atom stereocenters. The van der Waals surface area contributed by atoms with Crippen molar-refractivity contribution < 1.29 is 33.7 Å². The fourth-order valence-corrected chi connectivity index (χ4v) is 3.25. The molecule has 0 radical (unpaired) electrons. The highest BCUT2D eigenvalue weighted by Gasteiger charge is 2.43. The SMILES string of the molecule is CC.CC(C)(C)OC(=O)N1CCC2(CC1)COc1c(ccc(C(=O)O)c1C=O)O2. The van der Waals surface area contributed by atoms with Crippen LogP contribution in [0.15, 0.2) is 12.1 Å². The van der Waals surface area contributed by atoms with Crippen LogP contribution in [0, 0.1) is 0 Å². The molecule has 0 saturated carbocycles. The third-order valence-corrected chi connectivity index (χ3v) is 4.64. The van der Waals surface area contributed by atoms with Gasteiger partial charge in [0.1, 0.15) is 17.8 Å². The van der Waals surface area contributed by atoms with Crippen LogP contribution in [-0.4, -0.2) is 59.3 Å². The molecule has 2 heterocycles. The molecule has 2 aliphatic heterocycles. The first kappa shape index (κ1) is 22.5. The molecule has 2 aliphatic rings. The first-order valence-electron chi connectivity index (χ1n) is 9.79. The van der Waals surface area contributed by atoms with Crippen LogP contribution in [0.4, 0.5) is 4.79 Å². The molecule has 1 spiro atoms. The monoisotopic (exact) mass is 407 g/mol. The first-order chi connectivity index (χ1) is 13.6. The first-order valence-corrected chi connectivity index (χ1v) is 9.79. The fraction of sp³-hybridized carbons (Fsp3) is 0.571. The predicted octanol–water partition coefficient (Wildman–Crippen LogP) is 3.76. The van der Waals surface area contributed by atoms with Gasteiger partial charge in [-0.3, -0.25) is 4.79 Å². The van der Waals surface area contributed by atoms with E-state index >= 15 is 0 Å². The molecule has 1 saturated heterocycles. The zero-order valence-electron chi connectivity index (χ0n) is 17.6.